The molecule has 0 fully saturated rings. The minimum Gasteiger partial charge on any atom is -0.386 e. The van der Waals surface area contributed by atoms with Crippen LogP contribution in [-0.2, 0) is 0 Å². The average molecular weight is 223 g/mol. The molecule has 0 aliphatic carbocycles. The summed E-state index contributed by atoms with van der Waals surface area (Å²) in [7, 11) is 0. The van der Waals surface area contributed by atoms with E-state index < -0.39 is 47.2 Å². The minimum absolute atomic E-state index is 0.140. The van der Waals surface area contributed by atoms with Crippen LogP contribution in [0.15, 0.2) is 0 Å². The number of fused-ring (bicyclic) bond motifs is 1. The van der Waals surface area contributed by atoms with Crippen molar-refractivity contribution >= 4 is 5.69 Å². The van der Waals surface area contributed by atoms with E-state index in [1.165, 1.54) is 0 Å². The Morgan fingerprint density at radius 3 is 2.13 bits per heavy atom. The van der Waals surface area contributed by atoms with Crippen LogP contribution in [0.4, 0.5) is 23.2 Å². The maximum absolute atomic E-state index is 13.1. The molecule has 1 atom stereocenters. The zero-order chi connectivity index (χ0) is 11.3. The molecule has 3 nitrogen and oxygen atoms in total. The SMILES string of the molecule is OC1CN(O)c2c(F)c(F)c(F)c(F)c21. The van der Waals surface area contributed by atoms with Gasteiger partial charge in [-0.2, -0.15) is 0 Å². The van der Waals surface area contributed by atoms with Crippen molar-refractivity contribution in [2.45, 2.75) is 6.10 Å². The summed E-state index contributed by atoms with van der Waals surface area (Å²) < 4.78 is 51.6. The van der Waals surface area contributed by atoms with Gasteiger partial charge in [-0.1, -0.05) is 0 Å². The number of benzene rings is 1. The fraction of sp³-hybridized carbons (Fsp3) is 0.250. The van der Waals surface area contributed by atoms with E-state index in [0.717, 1.165) is 0 Å². The Bertz CT molecular complexity index is 398. The van der Waals surface area contributed by atoms with Crippen molar-refractivity contribution in [3.8, 4) is 0 Å². The summed E-state index contributed by atoms with van der Waals surface area (Å²) >= 11 is 0. The van der Waals surface area contributed by atoms with Crippen molar-refractivity contribution in [1.82, 2.24) is 0 Å². The largest absolute Gasteiger partial charge is 0.386 e. The Kier molecular flexibility index (Phi) is 2.09. The number of rotatable bonds is 0. The highest BCUT2D eigenvalue weighted by atomic mass is 19.2. The van der Waals surface area contributed by atoms with Crippen LogP contribution in [0.25, 0.3) is 0 Å². The zero-order valence-corrected chi connectivity index (χ0v) is 7.14. The molecule has 0 saturated heterocycles. The van der Waals surface area contributed by atoms with Crippen LogP contribution in [-0.4, -0.2) is 16.9 Å². The number of β-amino-alcohol motifs (C(OH)–C–C–N with tert-alkyl or cyclic N) is 1. The van der Waals surface area contributed by atoms with Gasteiger partial charge in [0, 0.05) is 0 Å². The highest BCUT2D eigenvalue weighted by molar-refractivity contribution is 5.59. The third-order valence-electron chi connectivity index (χ3n) is 2.21. The number of hydrogen-bond donors (Lipinski definition) is 2. The molecule has 1 heterocycles. The van der Waals surface area contributed by atoms with Gasteiger partial charge in [-0.15, -0.1) is 0 Å². The molecule has 0 spiro atoms. The predicted octanol–water partition coefficient (Wildman–Crippen LogP) is 1.49. The molecule has 1 aliphatic heterocycles. The summed E-state index contributed by atoms with van der Waals surface area (Å²) in [6.45, 7) is -0.536. The Balaban J connectivity index is 2.80. The van der Waals surface area contributed by atoms with Gasteiger partial charge in [0.05, 0.1) is 12.1 Å². The van der Waals surface area contributed by atoms with Crippen molar-refractivity contribution < 1.29 is 27.9 Å². The molecule has 15 heavy (non-hydrogen) atoms. The molecule has 1 unspecified atom stereocenters. The maximum Gasteiger partial charge on any atom is 0.199 e. The lowest BCUT2D eigenvalue weighted by Crippen LogP contribution is -2.17. The number of nitrogens with zero attached hydrogens (tertiary/aromatic N) is 1. The summed E-state index contributed by atoms with van der Waals surface area (Å²) in [6, 6.07) is 0. The van der Waals surface area contributed by atoms with E-state index in [1.807, 2.05) is 0 Å². The number of halogens is 4. The van der Waals surface area contributed by atoms with E-state index in [9.17, 15) is 22.7 Å². The van der Waals surface area contributed by atoms with E-state index in [4.69, 9.17) is 5.21 Å². The van der Waals surface area contributed by atoms with E-state index in [2.05, 4.69) is 0 Å². The van der Waals surface area contributed by atoms with Crippen molar-refractivity contribution in [3.63, 3.8) is 0 Å². The van der Waals surface area contributed by atoms with Crippen molar-refractivity contribution in [2.75, 3.05) is 11.6 Å². The summed E-state index contributed by atoms with van der Waals surface area (Å²) in [5, 5.41) is 18.4. The van der Waals surface area contributed by atoms with Crippen LogP contribution in [0.1, 0.15) is 11.7 Å². The first-order valence-electron chi connectivity index (χ1n) is 3.95. The van der Waals surface area contributed by atoms with Gasteiger partial charge in [-0.25, -0.2) is 17.6 Å². The van der Waals surface area contributed by atoms with Gasteiger partial charge >= 0.3 is 0 Å². The predicted molar refractivity (Wildman–Crippen MR) is 40.4 cm³/mol. The highest BCUT2D eigenvalue weighted by Crippen LogP contribution is 2.39. The Labute approximate surface area is 81.1 Å². The maximum atomic E-state index is 13.1. The molecule has 82 valence electrons. The molecular weight excluding hydrogens is 218 g/mol. The average Bonchev–Trinajstić information content (AvgIpc) is 2.47. The fourth-order valence-electron chi connectivity index (χ4n) is 1.54. The first-order valence-corrected chi connectivity index (χ1v) is 3.95. The Morgan fingerprint density at radius 2 is 1.53 bits per heavy atom. The van der Waals surface area contributed by atoms with E-state index >= 15 is 0 Å². The van der Waals surface area contributed by atoms with Crippen LogP contribution in [0.5, 0.6) is 0 Å². The van der Waals surface area contributed by atoms with Gasteiger partial charge in [-0.3, -0.25) is 10.3 Å². The Hall–Kier alpha value is -1.34. The quantitative estimate of drug-likeness (QED) is 0.398. The van der Waals surface area contributed by atoms with Crippen LogP contribution >= 0.6 is 0 Å². The molecule has 0 amide bonds. The topological polar surface area (TPSA) is 43.7 Å². The highest BCUT2D eigenvalue weighted by Gasteiger charge is 2.37. The van der Waals surface area contributed by atoms with Crippen molar-refractivity contribution in [2.24, 2.45) is 0 Å². The summed E-state index contributed by atoms with van der Waals surface area (Å²) in [6.07, 6.45) is -1.59. The minimum atomic E-state index is -2.01. The fourth-order valence-corrected chi connectivity index (χ4v) is 1.54. The monoisotopic (exact) mass is 223 g/mol. The van der Waals surface area contributed by atoms with Crippen LogP contribution in [0, 0.1) is 23.3 Å². The molecule has 2 rings (SSSR count). The molecule has 1 aromatic rings. The van der Waals surface area contributed by atoms with Gasteiger partial charge < -0.3 is 5.11 Å². The second kappa shape index (κ2) is 3.07. The van der Waals surface area contributed by atoms with E-state index in [0.29, 0.717) is 0 Å². The summed E-state index contributed by atoms with van der Waals surface area (Å²) in [4.78, 5) is 0. The van der Waals surface area contributed by atoms with Crippen molar-refractivity contribution in [3.05, 3.63) is 28.8 Å². The van der Waals surface area contributed by atoms with E-state index in [1.54, 1.807) is 0 Å². The molecule has 2 N–H and O–H groups in total. The number of hydrogen-bond acceptors (Lipinski definition) is 3. The first-order chi connectivity index (χ1) is 6.95. The zero-order valence-electron chi connectivity index (χ0n) is 7.14. The van der Waals surface area contributed by atoms with Gasteiger partial charge in [0.2, 0.25) is 0 Å². The van der Waals surface area contributed by atoms with Gasteiger partial charge in [0.15, 0.2) is 23.3 Å². The number of aliphatic hydroxyl groups excluding tert-OH is 1. The Morgan fingerprint density at radius 1 is 1.00 bits per heavy atom. The van der Waals surface area contributed by atoms with Crippen LogP contribution in [0.2, 0.25) is 0 Å². The number of hydroxylamine groups is 1. The third kappa shape index (κ3) is 1.20. The molecule has 0 bridgehead atoms. The molecular formula is C8H5F4NO2. The lowest BCUT2D eigenvalue weighted by Gasteiger charge is -2.11. The molecule has 0 saturated carbocycles. The third-order valence-corrected chi connectivity index (χ3v) is 2.21. The van der Waals surface area contributed by atoms with Crippen molar-refractivity contribution in [1.29, 1.82) is 0 Å². The first kappa shape index (κ1) is 10.2. The molecule has 0 radical (unpaired) electrons. The molecule has 7 heteroatoms. The lowest BCUT2D eigenvalue weighted by molar-refractivity contribution is 0.156. The molecule has 0 aromatic heterocycles. The van der Waals surface area contributed by atoms with Gasteiger partial charge in [0.1, 0.15) is 11.8 Å². The normalized spacial score (nSPS) is 19.6. The standard InChI is InChI=1S/C8H5F4NO2/c9-4-3-2(14)1-13(15)8(3)7(12)6(11)5(4)10/h2,14-15H,1H2. The van der Waals surface area contributed by atoms with Crippen LogP contribution < -0.4 is 5.06 Å². The number of anilines is 1. The van der Waals surface area contributed by atoms with E-state index in [-0.39, 0.29) is 5.06 Å². The van der Waals surface area contributed by atoms with Gasteiger partial charge in [-0.05, 0) is 0 Å². The smallest absolute Gasteiger partial charge is 0.199 e. The number of aliphatic hydroxyl groups is 1. The van der Waals surface area contributed by atoms with Crippen LogP contribution in [0.3, 0.4) is 0 Å². The lowest BCUT2D eigenvalue weighted by atomic mass is 10.1. The summed E-state index contributed by atoms with van der Waals surface area (Å²) in [5.41, 5.74) is -1.63. The van der Waals surface area contributed by atoms with Gasteiger partial charge in [0.25, 0.3) is 0 Å². The molecule has 1 aromatic carbocycles. The summed E-state index contributed by atoms with van der Waals surface area (Å²) in [5.74, 6) is -7.42. The molecule has 1 aliphatic rings. The second-order valence-corrected chi connectivity index (χ2v) is 3.12. The second-order valence-electron chi connectivity index (χ2n) is 3.12.